The van der Waals surface area contributed by atoms with Gasteiger partial charge < -0.3 is 14.8 Å². The van der Waals surface area contributed by atoms with E-state index in [2.05, 4.69) is 18.3 Å². The lowest BCUT2D eigenvalue weighted by Gasteiger charge is -2.15. The highest BCUT2D eigenvalue weighted by Crippen LogP contribution is 2.38. The number of halogens is 2. The fraction of sp³-hybridized carbons (Fsp3) is 0.185. The molecule has 0 aliphatic heterocycles. The van der Waals surface area contributed by atoms with Gasteiger partial charge in [0.05, 0.1) is 11.6 Å². The number of anilines is 1. The average Bonchev–Trinajstić information content (AvgIpc) is 2.79. The third kappa shape index (κ3) is 6.54. The maximum atomic E-state index is 12.6. The molecule has 0 unspecified atom stereocenters. The predicted molar refractivity (Wildman–Crippen MR) is 137 cm³/mol. The first-order valence-corrected chi connectivity index (χ1v) is 11.4. The average molecular weight is 495 g/mol. The van der Waals surface area contributed by atoms with Crippen molar-refractivity contribution in [3.8, 4) is 17.6 Å². The third-order valence-electron chi connectivity index (χ3n) is 5.04. The molecule has 0 radical (unpaired) electrons. The minimum Gasteiger partial charge on any atom is -0.490 e. The number of hydrogen-bond acceptors (Lipinski definition) is 4. The SMILES string of the molecule is CCOc1cc(/C=C(\C#N)C(=O)Nc2cccc(Cl)c2)cc(Cl)c1OCc1ccc(C)c(C)c1. The van der Waals surface area contributed by atoms with Gasteiger partial charge in [0.1, 0.15) is 18.2 Å². The number of nitrogens with one attached hydrogen (secondary N) is 1. The van der Waals surface area contributed by atoms with Gasteiger partial charge in [-0.2, -0.15) is 5.26 Å². The molecule has 0 saturated carbocycles. The Morgan fingerprint density at radius 3 is 2.53 bits per heavy atom. The van der Waals surface area contributed by atoms with Crippen LogP contribution in [0.25, 0.3) is 6.08 Å². The summed E-state index contributed by atoms with van der Waals surface area (Å²) in [6, 6.07) is 18.0. The van der Waals surface area contributed by atoms with Gasteiger partial charge in [-0.25, -0.2) is 0 Å². The number of aryl methyl sites for hydroxylation is 2. The Kier molecular flexibility index (Phi) is 8.59. The van der Waals surface area contributed by atoms with Crippen LogP contribution in [-0.2, 0) is 11.4 Å². The monoisotopic (exact) mass is 494 g/mol. The molecule has 3 aromatic rings. The lowest BCUT2D eigenvalue weighted by Crippen LogP contribution is -2.13. The number of amides is 1. The Balaban J connectivity index is 1.85. The van der Waals surface area contributed by atoms with Crippen molar-refractivity contribution in [3.05, 3.63) is 92.5 Å². The van der Waals surface area contributed by atoms with E-state index in [0.29, 0.717) is 46.0 Å². The summed E-state index contributed by atoms with van der Waals surface area (Å²) in [5, 5.41) is 13.0. The molecule has 0 atom stereocenters. The highest BCUT2D eigenvalue weighted by Gasteiger charge is 2.15. The van der Waals surface area contributed by atoms with Crippen LogP contribution in [0.2, 0.25) is 10.0 Å². The van der Waals surface area contributed by atoms with E-state index in [1.165, 1.54) is 17.2 Å². The van der Waals surface area contributed by atoms with Crippen LogP contribution in [0.15, 0.2) is 60.2 Å². The minimum absolute atomic E-state index is 0.0951. The van der Waals surface area contributed by atoms with Gasteiger partial charge in [-0.3, -0.25) is 4.79 Å². The second-order valence-corrected chi connectivity index (χ2v) is 8.45. The summed E-state index contributed by atoms with van der Waals surface area (Å²) in [5.74, 6) is 0.271. The number of nitriles is 1. The van der Waals surface area contributed by atoms with Crippen molar-refractivity contribution in [3.63, 3.8) is 0 Å². The molecule has 3 aromatic carbocycles. The quantitative estimate of drug-likeness (QED) is 0.267. The van der Waals surface area contributed by atoms with Gasteiger partial charge in [-0.05, 0) is 79.4 Å². The van der Waals surface area contributed by atoms with Crippen LogP contribution in [0, 0.1) is 25.2 Å². The molecule has 5 nitrogen and oxygen atoms in total. The molecule has 1 N–H and O–H groups in total. The molecule has 34 heavy (non-hydrogen) atoms. The number of rotatable bonds is 8. The summed E-state index contributed by atoms with van der Waals surface area (Å²) >= 11 is 12.5. The normalized spacial score (nSPS) is 11.0. The van der Waals surface area contributed by atoms with Gasteiger partial charge in [0.2, 0.25) is 0 Å². The van der Waals surface area contributed by atoms with Crippen molar-refractivity contribution in [2.45, 2.75) is 27.4 Å². The Hall–Kier alpha value is -3.46. The van der Waals surface area contributed by atoms with E-state index in [1.807, 2.05) is 32.0 Å². The number of carbonyl (C=O) groups is 1. The first kappa shape index (κ1) is 25.2. The highest BCUT2D eigenvalue weighted by atomic mass is 35.5. The summed E-state index contributed by atoms with van der Waals surface area (Å²) in [5.41, 5.74) is 4.32. The predicted octanol–water partition coefficient (Wildman–Crippen LogP) is 7.13. The molecule has 0 aliphatic carbocycles. The molecule has 0 fully saturated rings. The molecule has 0 bridgehead atoms. The number of nitrogens with zero attached hydrogens (tertiary/aromatic N) is 1. The molecule has 0 spiro atoms. The van der Waals surface area contributed by atoms with E-state index in [-0.39, 0.29) is 5.57 Å². The van der Waals surface area contributed by atoms with Crippen LogP contribution in [-0.4, -0.2) is 12.5 Å². The van der Waals surface area contributed by atoms with Gasteiger partial charge in [-0.15, -0.1) is 0 Å². The Bertz CT molecular complexity index is 1280. The molecule has 0 aliphatic rings. The summed E-state index contributed by atoms with van der Waals surface area (Å²) in [6.07, 6.45) is 1.45. The highest BCUT2D eigenvalue weighted by molar-refractivity contribution is 6.32. The molecule has 0 saturated heterocycles. The van der Waals surface area contributed by atoms with Crippen LogP contribution in [0.4, 0.5) is 5.69 Å². The molecule has 174 valence electrons. The Morgan fingerprint density at radius 2 is 1.85 bits per heavy atom. The van der Waals surface area contributed by atoms with Crippen molar-refractivity contribution >= 4 is 40.9 Å². The van der Waals surface area contributed by atoms with Crippen LogP contribution in [0.3, 0.4) is 0 Å². The standard InChI is InChI=1S/C27H24Cl2N2O3/c1-4-33-25-13-20(11-21(15-30)27(32)31-23-7-5-6-22(28)14-23)12-24(29)26(25)34-16-19-9-8-17(2)18(3)10-19/h5-14H,4,16H2,1-3H3,(H,31,32)/b21-11+. The smallest absolute Gasteiger partial charge is 0.266 e. The number of ether oxygens (including phenoxy) is 2. The van der Waals surface area contributed by atoms with Crippen molar-refractivity contribution in [1.82, 2.24) is 0 Å². The second-order valence-electron chi connectivity index (χ2n) is 7.60. The van der Waals surface area contributed by atoms with Crippen LogP contribution < -0.4 is 14.8 Å². The molecule has 3 rings (SSSR count). The van der Waals surface area contributed by atoms with E-state index >= 15 is 0 Å². The summed E-state index contributed by atoms with van der Waals surface area (Å²) in [6.45, 7) is 6.67. The lowest BCUT2D eigenvalue weighted by molar-refractivity contribution is -0.112. The molecular weight excluding hydrogens is 471 g/mol. The first-order valence-electron chi connectivity index (χ1n) is 10.6. The van der Waals surface area contributed by atoms with E-state index in [4.69, 9.17) is 32.7 Å². The zero-order valence-electron chi connectivity index (χ0n) is 19.1. The lowest BCUT2D eigenvalue weighted by atomic mass is 10.1. The van der Waals surface area contributed by atoms with Crippen LogP contribution in [0.1, 0.15) is 29.2 Å². The van der Waals surface area contributed by atoms with Crippen molar-refractivity contribution in [1.29, 1.82) is 5.26 Å². The molecule has 7 heteroatoms. The molecule has 1 amide bonds. The maximum Gasteiger partial charge on any atom is 0.266 e. The summed E-state index contributed by atoms with van der Waals surface area (Å²) in [4.78, 5) is 12.6. The van der Waals surface area contributed by atoms with Gasteiger partial charge in [-0.1, -0.05) is 47.5 Å². The third-order valence-corrected chi connectivity index (χ3v) is 5.56. The van der Waals surface area contributed by atoms with Gasteiger partial charge in [0.25, 0.3) is 5.91 Å². The first-order chi connectivity index (χ1) is 16.3. The van der Waals surface area contributed by atoms with E-state index in [9.17, 15) is 10.1 Å². The molecule has 0 heterocycles. The van der Waals surface area contributed by atoms with E-state index in [0.717, 1.165) is 5.56 Å². The second kappa shape index (κ2) is 11.6. The van der Waals surface area contributed by atoms with Crippen molar-refractivity contribution in [2.24, 2.45) is 0 Å². The maximum absolute atomic E-state index is 12.6. The number of hydrogen-bond donors (Lipinski definition) is 1. The summed E-state index contributed by atoms with van der Waals surface area (Å²) in [7, 11) is 0. The molecular formula is C27H24Cl2N2O3. The largest absolute Gasteiger partial charge is 0.490 e. The van der Waals surface area contributed by atoms with Crippen LogP contribution in [0.5, 0.6) is 11.5 Å². The van der Waals surface area contributed by atoms with E-state index < -0.39 is 5.91 Å². The van der Waals surface area contributed by atoms with Crippen LogP contribution >= 0.6 is 23.2 Å². The van der Waals surface area contributed by atoms with Gasteiger partial charge in [0.15, 0.2) is 11.5 Å². The fourth-order valence-electron chi connectivity index (χ4n) is 3.20. The fourth-order valence-corrected chi connectivity index (χ4v) is 3.67. The van der Waals surface area contributed by atoms with Gasteiger partial charge in [0, 0.05) is 10.7 Å². The van der Waals surface area contributed by atoms with Crippen molar-refractivity contribution in [2.75, 3.05) is 11.9 Å². The topological polar surface area (TPSA) is 71.3 Å². The zero-order chi connectivity index (χ0) is 24.7. The summed E-state index contributed by atoms with van der Waals surface area (Å²) < 4.78 is 11.7. The Morgan fingerprint density at radius 1 is 1.06 bits per heavy atom. The van der Waals surface area contributed by atoms with E-state index in [1.54, 1.807) is 36.4 Å². The molecule has 0 aromatic heterocycles. The zero-order valence-corrected chi connectivity index (χ0v) is 20.6. The Labute approximate surface area is 209 Å². The minimum atomic E-state index is -0.561. The van der Waals surface area contributed by atoms with Crippen molar-refractivity contribution < 1.29 is 14.3 Å². The number of carbonyl (C=O) groups excluding carboxylic acids is 1. The van der Waals surface area contributed by atoms with Gasteiger partial charge >= 0.3 is 0 Å². The number of benzene rings is 3.